The van der Waals surface area contributed by atoms with Gasteiger partial charge >= 0.3 is 0 Å². The molecule has 0 amide bonds. The summed E-state index contributed by atoms with van der Waals surface area (Å²) in [6.45, 7) is 0. The Labute approximate surface area is 100 Å². The smallest absolute Gasteiger partial charge is 0.151 e. The number of halogens is 2. The Morgan fingerprint density at radius 3 is 2.81 bits per heavy atom. The molecule has 0 saturated carbocycles. The Morgan fingerprint density at radius 2 is 2.06 bits per heavy atom. The van der Waals surface area contributed by atoms with Gasteiger partial charge in [-0.1, -0.05) is 15.9 Å². The molecule has 4 heteroatoms. The van der Waals surface area contributed by atoms with Gasteiger partial charge in [0.05, 0.1) is 0 Å². The molecule has 0 spiro atoms. The van der Waals surface area contributed by atoms with Gasteiger partial charge in [0, 0.05) is 33.6 Å². The van der Waals surface area contributed by atoms with Crippen LogP contribution in [0.15, 0.2) is 41.1 Å². The Bertz CT molecular complexity index is 542. The molecule has 1 aromatic heterocycles. The maximum atomic E-state index is 13.6. The molecule has 0 aliphatic carbocycles. The molecular formula is C12H7BrFNO. The van der Waals surface area contributed by atoms with E-state index in [0.717, 1.165) is 4.47 Å². The molecule has 0 aliphatic heterocycles. The number of carbonyl (C=O) groups excluding carboxylic acids is 1. The summed E-state index contributed by atoms with van der Waals surface area (Å²) in [7, 11) is 0. The molecule has 2 nitrogen and oxygen atoms in total. The van der Waals surface area contributed by atoms with E-state index in [1.807, 2.05) is 0 Å². The van der Waals surface area contributed by atoms with Gasteiger partial charge in [0.2, 0.25) is 0 Å². The maximum absolute atomic E-state index is 13.6. The second-order valence-corrected chi connectivity index (χ2v) is 4.16. The molecule has 1 heterocycles. The van der Waals surface area contributed by atoms with E-state index in [2.05, 4.69) is 20.9 Å². The summed E-state index contributed by atoms with van der Waals surface area (Å²) in [5.74, 6) is -0.340. The van der Waals surface area contributed by atoms with Crippen LogP contribution in [0.25, 0.3) is 11.1 Å². The quantitative estimate of drug-likeness (QED) is 0.788. The average molecular weight is 280 g/mol. The van der Waals surface area contributed by atoms with E-state index < -0.39 is 0 Å². The number of rotatable bonds is 2. The van der Waals surface area contributed by atoms with Gasteiger partial charge in [0.1, 0.15) is 5.82 Å². The van der Waals surface area contributed by atoms with Gasteiger partial charge in [-0.25, -0.2) is 4.39 Å². The monoisotopic (exact) mass is 279 g/mol. The van der Waals surface area contributed by atoms with Crippen molar-refractivity contribution in [1.29, 1.82) is 0 Å². The second kappa shape index (κ2) is 4.53. The molecule has 1 aromatic carbocycles. The minimum absolute atomic E-state index is 0.340. The van der Waals surface area contributed by atoms with E-state index in [4.69, 9.17) is 0 Å². The molecule has 80 valence electrons. The lowest BCUT2D eigenvalue weighted by molar-refractivity contribution is 0.112. The number of pyridine rings is 1. The van der Waals surface area contributed by atoms with E-state index in [1.165, 1.54) is 18.5 Å². The van der Waals surface area contributed by atoms with E-state index >= 15 is 0 Å². The van der Waals surface area contributed by atoms with Crippen LogP contribution in [0.1, 0.15) is 10.4 Å². The first-order chi connectivity index (χ1) is 7.70. The molecule has 2 rings (SSSR count). The summed E-state index contributed by atoms with van der Waals surface area (Å²) >= 11 is 3.27. The SMILES string of the molecule is O=Cc1cncc(-c2cc(Br)ccc2F)c1. The van der Waals surface area contributed by atoms with Crippen molar-refractivity contribution in [1.82, 2.24) is 4.98 Å². The molecule has 0 aliphatic rings. The maximum Gasteiger partial charge on any atom is 0.151 e. The van der Waals surface area contributed by atoms with Gasteiger partial charge in [-0.2, -0.15) is 0 Å². The predicted octanol–water partition coefficient (Wildman–Crippen LogP) is 3.46. The highest BCUT2D eigenvalue weighted by Gasteiger charge is 2.06. The minimum atomic E-state index is -0.340. The Balaban J connectivity index is 2.57. The standard InChI is InChI=1S/C12H7BrFNO/c13-10-1-2-12(14)11(4-10)9-3-8(7-16)5-15-6-9/h1-7H. The van der Waals surface area contributed by atoms with E-state index in [-0.39, 0.29) is 5.82 Å². The third-order valence-corrected chi connectivity index (χ3v) is 2.63. The van der Waals surface area contributed by atoms with E-state index in [1.54, 1.807) is 18.2 Å². The second-order valence-electron chi connectivity index (χ2n) is 3.25. The van der Waals surface area contributed by atoms with Gasteiger partial charge < -0.3 is 0 Å². The summed E-state index contributed by atoms with van der Waals surface area (Å²) in [5.41, 5.74) is 1.44. The lowest BCUT2D eigenvalue weighted by atomic mass is 10.1. The Morgan fingerprint density at radius 1 is 1.25 bits per heavy atom. The highest BCUT2D eigenvalue weighted by Crippen LogP contribution is 2.25. The summed E-state index contributed by atoms with van der Waals surface area (Å²) < 4.78 is 14.3. The fourth-order valence-electron chi connectivity index (χ4n) is 1.39. The van der Waals surface area contributed by atoms with Gasteiger partial charge in [-0.05, 0) is 24.3 Å². The van der Waals surface area contributed by atoms with Crippen molar-refractivity contribution in [2.75, 3.05) is 0 Å². The molecule has 2 aromatic rings. The van der Waals surface area contributed by atoms with Gasteiger partial charge in [0.15, 0.2) is 6.29 Å². The zero-order valence-electron chi connectivity index (χ0n) is 8.15. The first-order valence-corrected chi connectivity index (χ1v) is 5.35. The molecular weight excluding hydrogens is 273 g/mol. The van der Waals surface area contributed by atoms with Crippen molar-refractivity contribution >= 4 is 22.2 Å². The molecule has 16 heavy (non-hydrogen) atoms. The van der Waals surface area contributed by atoms with Gasteiger partial charge in [-0.15, -0.1) is 0 Å². The van der Waals surface area contributed by atoms with Crippen molar-refractivity contribution < 1.29 is 9.18 Å². The highest BCUT2D eigenvalue weighted by atomic mass is 79.9. The van der Waals surface area contributed by atoms with E-state index in [9.17, 15) is 9.18 Å². The lowest BCUT2D eigenvalue weighted by Gasteiger charge is -2.04. The Kier molecular flexibility index (Phi) is 3.10. The van der Waals surface area contributed by atoms with Crippen LogP contribution in [0.3, 0.4) is 0 Å². The number of carbonyl (C=O) groups is 1. The van der Waals surface area contributed by atoms with E-state index in [0.29, 0.717) is 23.0 Å². The molecule has 0 atom stereocenters. The van der Waals surface area contributed by atoms with Crippen LogP contribution in [0.4, 0.5) is 4.39 Å². The number of aldehydes is 1. The van der Waals surface area contributed by atoms with Crippen molar-refractivity contribution in [2.45, 2.75) is 0 Å². The predicted molar refractivity (Wildman–Crippen MR) is 62.7 cm³/mol. The zero-order valence-corrected chi connectivity index (χ0v) is 9.74. The fourth-order valence-corrected chi connectivity index (χ4v) is 1.75. The normalized spacial score (nSPS) is 10.1. The number of hydrogen-bond donors (Lipinski definition) is 0. The zero-order chi connectivity index (χ0) is 11.5. The van der Waals surface area contributed by atoms with Crippen LogP contribution in [-0.4, -0.2) is 11.3 Å². The third kappa shape index (κ3) is 2.17. The summed E-state index contributed by atoms with van der Waals surface area (Å²) in [5, 5.41) is 0. The van der Waals surface area contributed by atoms with Crippen molar-refractivity contribution in [3.8, 4) is 11.1 Å². The summed E-state index contributed by atoms with van der Waals surface area (Å²) in [6.07, 6.45) is 3.65. The van der Waals surface area contributed by atoms with Gasteiger partial charge in [-0.3, -0.25) is 9.78 Å². The Hall–Kier alpha value is -1.55. The van der Waals surface area contributed by atoms with Crippen LogP contribution in [0, 0.1) is 5.82 Å². The van der Waals surface area contributed by atoms with Gasteiger partial charge in [0.25, 0.3) is 0 Å². The number of hydrogen-bond acceptors (Lipinski definition) is 2. The molecule has 0 fully saturated rings. The van der Waals surface area contributed by atoms with Crippen molar-refractivity contribution in [3.63, 3.8) is 0 Å². The van der Waals surface area contributed by atoms with Crippen LogP contribution in [-0.2, 0) is 0 Å². The van der Waals surface area contributed by atoms with Crippen molar-refractivity contribution in [3.05, 3.63) is 52.5 Å². The number of benzene rings is 1. The molecule has 0 N–H and O–H groups in total. The topological polar surface area (TPSA) is 30.0 Å². The number of nitrogens with zero attached hydrogens (tertiary/aromatic N) is 1. The number of aromatic nitrogens is 1. The largest absolute Gasteiger partial charge is 0.298 e. The minimum Gasteiger partial charge on any atom is -0.298 e. The lowest BCUT2D eigenvalue weighted by Crippen LogP contribution is -1.88. The average Bonchev–Trinajstić information content (AvgIpc) is 2.32. The molecule has 0 unspecified atom stereocenters. The van der Waals surface area contributed by atoms with Crippen LogP contribution in [0.2, 0.25) is 0 Å². The van der Waals surface area contributed by atoms with Crippen LogP contribution >= 0.6 is 15.9 Å². The van der Waals surface area contributed by atoms with Crippen LogP contribution in [0.5, 0.6) is 0 Å². The summed E-state index contributed by atoms with van der Waals surface area (Å²) in [6, 6.07) is 6.24. The van der Waals surface area contributed by atoms with Crippen molar-refractivity contribution in [2.24, 2.45) is 0 Å². The summed E-state index contributed by atoms with van der Waals surface area (Å²) in [4.78, 5) is 14.5. The third-order valence-electron chi connectivity index (χ3n) is 2.13. The molecule has 0 bridgehead atoms. The fraction of sp³-hybridized carbons (Fsp3) is 0. The first-order valence-electron chi connectivity index (χ1n) is 4.56. The molecule has 0 saturated heterocycles. The van der Waals surface area contributed by atoms with Crippen LogP contribution < -0.4 is 0 Å². The highest BCUT2D eigenvalue weighted by molar-refractivity contribution is 9.10. The molecule has 0 radical (unpaired) electrons. The first kappa shape index (κ1) is 11.0.